The third-order valence-corrected chi connectivity index (χ3v) is 3.82. The van der Waals surface area contributed by atoms with E-state index in [-0.39, 0.29) is 5.41 Å². The van der Waals surface area contributed by atoms with Crippen LogP contribution in [-0.2, 0) is 5.41 Å². The summed E-state index contributed by atoms with van der Waals surface area (Å²) < 4.78 is 0. The van der Waals surface area contributed by atoms with Crippen LogP contribution in [0.25, 0.3) is 10.8 Å². The van der Waals surface area contributed by atoms with Gasteiger partial charge in [-0.1, -0.05) is 69.3 Å². The second-order valence-electron chi connectivity index (χ2n) is 6.48. The smallest absolute Gasteiger partial charge is 0.0463 e. The van der Waals surface area contributed by atoms with E-state index in [0.29, 0.717) is 0 Å². The van der Waals surface area contributed by atoms with Crippen LogP contribution in [0.1, 0.15) is 26.3 Å². The molecule has 0 atom stereocenters. The molecule has 0 amide bonds. The molecule has 0 aliphatic heterocycles. The molecule has 1 heteroatoms. The van der Waals surface area contributed by atoms with E-state index in [4.69, 9.17) is 0 Å². The van der Waals surface area contributed by atoms with Crippen LogP contribution in [0, 0.1) is 0 Å². The lowest BCUT2D eigenvalue weighted by molar-refractivity contribution is 0.590. The molecule has 3 rings (SSSR count). The van der Waals surface area contributed by atoms with Gasteiger partial charge in [0.25, 0.3) is 0 Å². The normalized spacial score (nSPS) is 11.6. The summed E-state index contributed by atoms with van der Waals surface area (Å²) in [5.41, 5.74) is 3.82. The lowest BCUT2D eigenvalue weighted by atomic mass is 9.87. The topological polar surface area (TPSA) is 12.0 Å². The molecule has 1 nitrogen and oxygen atoms in total. The van der Waals surface area contributed by atoms with E-state index < -0.39 is 0 Å². The van der Waals surface area contributed by atoms with Gasteiger partial charge in [0.15, 0.2) is 0 Å². The van der Waals surface area contributed by atoms with E-state index in [2.05, 4.69) is 92.8 Å². The highest BCUT2D eigenvalue weighted by molar-refractivity contribution is 5.95. The van der Waals surface area contributed by atoms with Gasteiger partial charge in [0, 0.05) is 16.8 Å². The Morgan fingerprint density at radius 2 is 1.38 bits per heavy atom. The number of hydrogen-bond donors (Lipinski definition) is 1. The number of benzene rings is 3. The molecule has 0 heterocycles. The van der Waals surface area contributed by atoms with E-state index in [9.17, 15) is 0 Å². The van der Waals surface area contributed by atoms with Gasteiger partial charge in [-0.05, 0) is 34.6 Å². The van der Waals surface area contributed by atoms with Gasteiger partial charge in [0.2, 0.25) is 0 Å². The molecular formula is C20H21N. The number of hydrogen-bond acceptors (Lipinski definition) is 1. The number of anilines is 2. The molecule has 0 aliphatic carbocycles. The monoisotopic (exact) mass is 275 g/mol. The van der Waals surface area contributed by atoms with Crippen LogP contribution >= 0.6 is 0 Å². The Labute approximate surface area is 126 Å². The molecule has 0 unspecified atom stereocenters. The van der Waals surface area contributed by atoms with Crippen molar-refractivity contribution in [2.75, 3.05) is 5.32 Å². The highest BCUT2D eigenvalue weighted by Gasteiger charge is 2.12. The molecule has 0 fully saturated rings. The van der Waals surface area contributed by atoms with Crippen LogP contribution in [0.15, 0.2) is 66.7 Å². The maximum Gasteiger partial charge on any atom is 0.0463 e. The Kier molecular flexibility index (Phi) is 3.42. The van der Waals surface area contributed by atoms with E-state index in [1.54, 1.807) is 0 Å². The minimum absolute atomic E-state index is 0.192. The molecule has 3 aromatic carbocycles. The lowest BCUT2D eigenvalue weighted by Crippen LogP contribution is -2.10. The first-order chi connectivity index (χ1) is 10.0. The van der Waals surface area contributed by atoms with Crippen LogP contribution in [0.4, 0.5) is 11.4 Å². The van der Waals surface area contributed by atoms with Crippen LogP contribution < -0.4 is 5.32 Å². The van der Waals surface area contributed by atoms with E-state index in [1.165, 1.54) is 16.3 Å². The number of nitrogens with one attached hydrogen (secondary N) is 1. The Morgan fingerprint density at radius 1 is 0.714 bits per heavy atom. The zero-order valence-corrected chi connectivity index (χ0v) is 12.9. The summed E-state index contributed by atoms with van der Waals surface area (Å²) in [6.45, 7) is 6.71. The van der Waals surface area contributed by atoms with Crippen molar-refractivity contribution in [2.45, 2.75) is 26.2 Å². The third-order valence-electron chi connectivity index (χ3n) is 3.82. The van der Waals surface area contributed by atoms with Gasteiger partial charge >= 0.3 is 0 Å². The van der Waals surface area contributed by atoms with Gasteiger partial charge < -0.3 is 5.32 Å². The van der Waals surface area contributed by atoms with E-state index >= 15 is 0 Å². The van der Waals surface area contributed by atoms with Crippen molar-refractivity contribution in [1.82, 2.24) is 0 Å². The Morgan fingerprint density at radius 3 is 2.10 bits per heavy atom. The quantitative estimate of drug-likeness (QED) is 0.615. The Hall–Kier alpha value is -2.28. The van der Waals surface area contributed by atoms with Crippen LogP contribution in [0.2, 0.25) is 0 Å². The molecule has 0 spiro atoms. The molecule has 0 bridgehead atoms. The maximum absolute atomic E-state index is 3.53. The zero-order valence-electron chi connectivity index (χ0n) is 12.9. The molecule has 1 N–H and O–H groups in total. The van der Waals surface area contributed by atoms with E-state index in [0.717, 1.165) is 11.4 Å². The first kappa shape index (κ1) is 13.7. The fourth-order valence-corrected chi connectivity index (χ4v) is 2.54. The van der Waals surface area contributed by atoms with Crippen molar-refractivity contribution in [1.29, 1.82) is 0 Å². The standard InChI is InChI=1S/C20H21N/c1-20(2,3)16-11-13-17(14-12-16)21-19-10-6-8-15-7-4-5-9-18(15)19/h4-14,21H,1-3H3. The fraction of sp³-hybridized carbons (Fsp3) is 0.200. The summed E-state index contributed by atoms with van der Waals surface area (Å²) in [6.07, 6.45) is 0. The second-order valence-corrected chi connectivity index (χ2v) is 6.48. The van der Waals surface area contributed by atoms with E-state index in [1.807, 2.05) is 0 Å². The van der Waals surface area contributed by atoms with Crippen LogP contribution in [0.3, 0.4) is 0 Å². The number of rotatable bonds is 2. The van der Waals surface area contributed by atoms with Crippen LogP contribution in [-0.4, -0.2) is 0 Å². The van der Waals surface area contributed by atoms with Crippen molar-refractivity contribution in [3.8, 4) is 0 Å². The van der Waals surface area contributed by atoms with Gasteiger partial charge in [-0.15, -0.1) is 0 Å². The van der Waals surface area contributed by atoms with Gasteiger partial charge in [-0.3, -0.25) is 0 Å². The van der Waals surface area contributed by atoms with Gasteiger partial charge in [-0.25, -0.2) is 0 Å². The molecule has 21 heavy (non-hydrogen) atoms. The van der Waals surface area contributed by atoms with Crippen molar-refractivity contribution < 1.29 is 0 Å². The molecule has 0 aliphatic rings. The van der Waals surface area contributed by atoms with Crippen molar-refractivity contribution in [3.05, 3.63) is 72.3 Å². The minimum atomic E-state index is 0.192. The average molecular weight is 275 g/mol. The Bertz CT molecular complexity index is 743. The molecule has 0 saturated carbocycles. The lowest BCUT2D eigenvalue weighted by Gasteiger charge is -2.19. The van der Waals surface area contributed by atoms with Crippen LogP contribution in [0.5, 0.6) is 0 Å². The molecule has 0 aromatic heterocycles. The molecule has 3 aromatic rings. The summed E-state index contributed by atoms with van der Waals surface area (Å²) in [6, 6.07) is 23.5. The third kappa shape index (κ3) is 2.92. The largest absolute Gasteiger partial charge is 0.355 e. The van der Waals surface area contributed by atoms with Crippen molar-refractivity contribution >= 4 is 22.1 Å². The van der Waals surface area contributed by atoms with Gasteiger partial charge in [-0.2, -0.15) is 0 Å². The number of fused-ring (bicyclic) bond motifs is 1. The van der Waals surface area contributed by atoms with Crippen molar-refractivity contribution in [2.24, 2.45) is 0 Å². The van der Waals surface area contributed by atoms with Crippen molar-refractivity contribution in [3.63, 3.8) is 0 Å². The Balaban J connectivity index is 1.92. The average Bonchev–Trinajstić information content (AvgIpc) is 2.47. The van der Waals surface area contributed by atoms with Gasteiger partial charge in [0.1, 0.15) is 0 Å². The predicted octanol–water partition coefficient (Wildman–Crippen LogP) is 5.88. The highest BCUT2D eigenvalue weighted by Crippen LogP contribution is 2.28. The predicted molar refractivity (Wildman–Crippen MR) is 92.4 cm³/mol. The summed E-state index contributed by atoms with van der Waals surface area (Å²) in [4.78, 5) is 0. The summed E-state index contributed by atoms with van der Waals surface area (Å²) in [5.74, 6) is 0. The second kappa shape index (κ2) is 5.25. The molecule has 106 valence electrons. The minimum Gasteiger partial charge on any atom is -0.355 e. The molecule has 0 radical (unpaired) electrons. The summed E-state index contributed by atoms with van der Waals surface area (Å²) in [5, 5.41) is 6.03. The highest BCUT2D eigenvalue weighted by atomic mass is 14.9. The molecular weight excluding hydrogens is 254 g/mol. The maximum atomic E-state index is 3.53. The zero-order chi connectivity index (χ0) is 14.9. The van der Waals surface area contributed by atoms with Gasteiger partial charge in [0.05, 0.1) is 0 Å². The summed E-state index contributed by atoms with van der Waals surface area (Å²) in [7, 11) is 0. The first-order valence-electron chi connectivity index (χ1n) is 7.39. The first-order valence-corrected chi connectivity index (χ1v) is 7.39. The summed E-state index contributed by atoms with van der Waals surface area (Å²) >= 11 is 0. The molecule has 0 saturated heterocycles. The SMILES string of the molecule is CC(C)(C)c1ccc(Nc2cccc3ccccc23)cc1. The fourth-order valence-electron chi connectivity index (χ4n) is 2.54.